The van der Waals surface area contributed by atoms with E-state index < -0.39 is 17.5 Å². The first-order chi connectivity index (χ1) is 17.5. The molecule has 2 heterocycles. The quantitative estimate of drug-likeness (QED) is 0.218. The molecule has 0 atom stereocenters. The zero-order valence-corrected chi connectivity index (χ0v) is 19.2. The maximum absolute atomic E-state index is 13.8. The summed E-state index contributed by atoms with van der Waals surface area (Å²) >= 11 is 0. The largest absolute Gasteiger partial charge is 0.493 e. The van der Waals surface area contributed by atoms with Crippen LogP contribution in [-0.4, -0.2) is 45.4 Å². The number of carbonyl (C=O) groups excluding carboxylic acids is 1. The predicted octanol–water partition coefficient (Wildman–Crippen LogP) is 3.48. The maximum Gasteiger partial charge on any atom is 0.246 e. The number of hydrogen-bond acceptors (Lipinski definition) is 7. The van der Waals surface area contributed by atoms with Crippen LogP contribution in [0.1, 0.15) is 6.42 Å². The van der Waals surface area contributed by atoms with E-state index in [0.717, 1.165) is 24.4 Å². The number of carbonyl (C=O) groups is 1. The third-order valence-electron chi connectivity index (χ3n) is 5.03. The van der Waals surface area contributed by atoms with E-state index in [1.54, 1.807) is 6.20 Å². The minimum Gasteiger partial charge on any atom is -0.493 e. The van der Waals surface area contributed by atoms with Gasteiger partial charge in [0, 0.05) is 17.6 Å². The Morgan fingerprint density at radius 1 is 1.19 bits per heavy atom. The fourth-order valence-electron chi connectivity index (χ4n) is 3.36. The Balaban J connectivity index is 1.36. The molecule has 3 N–H and O–H groups in total. The highest BCUT2D eigenvalue weighted by Gasteiger charge is 2.12. The molecule has 0 unspecified atom stereocenters. The number of ether oxygens (including phenoxy) is 1. The molecular weight excluding hydrogens is 468 g/mol. The van der Waals surface area contributed by atoms with Gasteiger partial charge in [0.25, 0.3) is 0 Å². The second-order valence-electron chi connectivity index (χ2n) is 7.69. The van der Waals surface area contributed by atoms with Crippen LogP contribution in [0.3, 0.4) is 0 Å². The number of amides is 1. The monoisotopic (exact) mass is 491 g/mol. The van der Waals surface area contributed by atoms with Crippen LogP contribution in [0.15, 0.2) is 55.1 Å². The molecule has 0 radical (unpaired) electrons. The number of fused-ring (bicyclic) bond motifs is 1. The van der Waals surface area contributed by atoms with E-state index in [-0.39, 0.29) is 12.2 Å². The molecule has 0 aliphatic heterocycles. The van der Waals surface area contributed by atoms with Gasteiger partial charge < -0.3 is 20.7 Å². The van der Waals surface area contributed by atoms with Crippen LogP contribution in [0.25, 0.3) is 10.9 Å². The SMILES string of the molecule is C#CCNCCCOc1ccc2c(Nc3cnn(CC(=O)Nc4cccc(F)c4F)c3)ncnc2c1. The van der Waals surface area contributed by atoms with Crippen molar-refractivity contribution in [2.45, 2.75) is 13.0 Å². The van der Waals surface area contributed by atoms with Crippen LogP contribution in [0.4, 0.5) is 26.0 Å². The Bertz CT molecular complexity index is 1400. The summed E-state index contributed by atoms with van der Waals surface area (Å²) in [7, 11) is 0. The number of hydrogen-bond donors (Lipinski definition) is 3. The smallest absolute Gasteiger partial charge is 0.246 e. The lowest BCUT2D eigenvalue weighted by Gasteiger charge is -2.09. The maximum atomic E-state index is 13.8. The summed E-state index contributed by atoms with van der Waals surface area (Å²) in [5, 5.41) is 13.5. The molecule has 0 saturated carbocycles. The van der Waals surface area contributed by atoms with Crippen LogP contribution in [0, 0.1) is 24.0 Å². The molecule has 4 aromatic rings. The van der Waals surface area contributed by atoms with Gasteiger partial charge in [-0.25, -0.2) is 18.7 Å². The standard InChI is InChI=1S/C25H23F2N7O2/c1-2-9-28-10-4-11-36-18-7-8-19-22(12-18)29-16-30-25(19)32-17-13-31-34(14-17)15-23(35)33-21-6-3-5-20(26)24(21)27/h1,3,5-8,12-14,16,28H,4,9-11,15H2,(H,33,35)(H,29,30,32). The molecule has 0 saturated heterocycles. The Kier molecular flexibility index (Phi) is 8.00. The van der Waals surface area contributed by atoms with E-state index >= 15 is 0 Å². The fourth-order valence-corrected chi connectivity index (χ4v) is 3.36. The third kappa shape index (κ3) is 6.31. The summed E-state index contributed by atoms with van der Waals surface area (Å²) < 4.78 is 34.2. The summed E-state index contributed by atoms with van der Waals surface area (Å²) in [4.78, 5) is 20.8. The minimum absolute atomic E-state index is 0.193. The molecule has 1 amide bonds. The summed E-state index contributed by atoms with van der Waals surface area (Å²) in [6.07, 6.45) is 10.6. The van der Waals surface area contributed by atoms with Gasteiger partial charge in [0.2, 0.25) is 5.91 Å². The molecule has 0 fully saturated rings. The van der Waals surface area contributed by atoms with E-state index in [2.05, 4.69) is 36.9 Å². The van der Waals surface area contributed by atoms with Gasteiger partial charge in [-0.1, -0.05) is 12.0 Å². The highest BCUT2D eigenvalue weighted by molar-refractivity contribution is 5.92. The molecule has 0 spiro atoms. The molecule has 36 heavy (non-hydrogen) atoms. The van der Waals surface area contributed by atoms with Crippen LogP contribution in [-0.2, 0) is 11.3 Å². The van der Waals surface area contributed by atoms with Gasteiger partial charge >= 0.3 is 0 Å². The van der Waals surface area contributed by atoms with Crippen molar-refractivity contribution in [1.82, 2.24) is 25.1 Å². The fraction of sp³-hybridized carbons (Fsp3) is 0.200. The summed E-state index contributed by atoms with van der Waals surface area (Å²) in [6.45, 7) is 1.65. The van der Waals surface area contributed by atoms with Crippen molar-refractivity contribution in [1.29, 1.82) is 0 Å². The van der Waals surface area contributed by atoms with E-state index in [1.165, 1.54) is 29.3 Å². The van der Waals surface area contributed by atoms with Crippen LogP contribution in [0.2, 0.25) is 0 Å². The Morgan fingerprint density at radius 2 is 2.08 bits per heavy atom. The average Bonchev–Trinajstić information content (AvgIpc) is 3.30. The summed E-state index contributed by atoms with van der Waals surface area (Å²) in [5.74, 6) is 1.06. The lowest BCUT2D eigenvalue weighted by molar-refractivity contribution is -0.116. The molecule has 0 aliphatic carbocycles. The zero-order valence-electron chi connectivity index (χ0n) is 19.2. The number of nitrogens with one attached hydrogen (secondary N) is 3. The number of benzene rings is 2. The predicted molar refractivity (Wildman–Crippen MR) is 132 cm³/mol. The highest BCUT2D eigenvalue weighted by Crippen LogP contribution is 2.26. The lowest BCUT2D eigenvalue weighted by atomic mass is 10.2. The zero-order chi connectivity index (χ0) is 25.3. The lowest BCUT2D eigenvalue weighted by Crippen LogP contribution is -2.19. The third-order valence-corrected chi connectivity index (χ3v) is 5.03. The van der Waals surface area contributed by atoms with E-state index in [0.29, 0.717) is 35.9 Å². The van der Waals surface area contributed by atoms with Gasteiger partial charge in [-0.05, 0) is 37.2 Å². The first-order valence-electron chi connectivity index (χ1n) is 11.1. The molecular formula is C25H23F2N7O2. The topological polar surface area (TPSA) is 106 Å². The molecule has 0 bridgehead atoms. The summed E-state index contributed by atoms with van der Waals surface area (Å²) in [5.41, 5.74) is 1.04. The first kappa shape index (κ1) is 24.6. The van der Waals surface area contributed by atoms with Gasteiger partial charge in [-0.3, -0.25) is 9.48 Å². The number of nitrogens with zero attached hydrogens (tertiary/aromatic N) is 4. The van der Waals surface area contributed by atoms with E-state index in [1.807, 2.05) is 18.2 Å². The Morgan fingerprint density at radius 3 is 2.94 bits per heavy atom. The van der Waals surface area contributed by atoms with Gasteiger partial charge in [0.1, 0.15) is 24.4 Å². The number of rotatable bonds is 11. The van der Waals surface area contributed by atoms with Crippen molar-refractivity contribution < 1.29 is 18.3 Å². The molecule has 2 aromatic carbocycles. The van der Waals surface area contributed by atoms with Gasteiger partial charge in [-0.2, -0.15) is 5.10 Å². The highest BCUT2D eigenvalue weighted by atomic mass is 19.2. The van der Waals surface area contributed by atoms with Crippen molar-refractivity contribution in [2.75, 3.05) is 30.3 Å². The number of halogens is 2. The Labute approximate surface area is 205 Å². The number of terminal acetylenes is 1. The molecule has 184 valence electrons. The van der Waals surface area contributed by atoms with E-state index in [4.69, 9.17) is 11.2 Å². The second kappa shape index (κ2) is 11.7. The average molecular weight is 492 g/mol. The van der Waals surface area contributed by atoms with Crippen molar-refractivity contribution in [3.05, 3.63) is 66.8 Å². The van der Waals surface area contributed by atoms with Crippen LogP contribution in [0.5, 0.6) is 5.75 Å². The summed E-state index contributed by atoms with van der Waals surface area (Å²) in [6, 6.07) is 9.09. The normalized spacial score (nSPS) is 10.7. The van der Waals surface area contributed by atoms with Crippen molar-refractivity contribution in [3.63, 3.8) is 0 Å². The van der Waals surface area contributed by atoms with Gasteiger partial charge in [0.05, 0.1) is 36.2 Å². The molecule has 11 heteroatoms. The first-order valence-corrected chi connectivity index (χ1v) is 11.1. The molecule has 9 nitrogen and oxygen atoms in total. The molecule has 4 rings (SSSR count). The van der Waals surface area contributed by atoms with Crippen molar-refractivity contribution in [3.8, 4) is 18.1 Å². The molecule has 2 aromatic heterocycles. The van der Waals surface area contributed by atoms with Crippen molar-refractivity contribution >= 4 is 34.0 Å². The molecule has 0 aliphatic rings. The second-order valence-corrected chi connectivity index (χ2v) is 7.69. The Hall–Kier alpha value is -4.56. The van der Waals surface area contributed by atoms with Crippen LogP contribution < -0.4 is 20.7 Å². The van der Waals surface area contributed by atoms with E-state index in [9.17, 15) is 13.6 Å². The van der Waals surface area contributed by atoms with Gasteiger partial charge in [0.15, 0.2) is 11.6 Å². The van der Waals surface area contributed by atoms with Crippen molar-refractivity contribution in [2.24, 2.45) is 0 Å². The number of anilines is 3. The number of aromatic nitrogens is 4. The minimum atomic E-state index is -1.12. The van der Waals surface area contributed by atoms with Gasteiger partial charge in [-0.15, -0.1) is 6.42 Å². The van der Waals surface area contributed by atoms with Crippen LogP contribution >= 0.6 is 0 Å².